The molecule has 0 aromatic heterocycles. The third-order valence-electron chi connectivity index (χ3n) is 3.50. The topological polar surface area (TPSA) is 9.23 Å². The average Bonchev–Trinajstić information content (AvgIpc) is 2.53. The van der Waals surface area contributed by atoms with Crippen LogP contribution < -0.4 is 4.74 Å². The molecule has 2 rings (SSSR count). The van der Waals surface area contributed by atoms with Crippen LogP contribution in [0.2, 0.25) is 0 Å². The minimum Gasteiger partial charge on any atom is -0.492 e. The van der Waals surface area contributed by atoms with E-state index in [1.54, 1.807) is 0 Å². The molecule has 1 aliphatic rings. The predicted octanol–water partition coefficient (Wildman–Crippen LogP) is 3.87. The molecule has 1 heterocycles. The molecule has 0 N–H and O–H groups in total. The Morgan fingerprint density at radius 2 is 2.13 bits per heavy atom. The minimum absolute atomic E-state index is 0.179. The van der Waals surface area contributed by atoms with E-state index in [-0.39, 0.29) is 5.41 Å². The predicted molar refractivity (Wildman–Crippen MR) is 63.7 cm³/mol. The summed E-state index contributed by atoms with van der Waals surface area (Å²) in [6, 6.07) is 6.66. The normalized spacial score (nSPS) is 19.5. The van der Waals surface area contributed by atoms with Crippen LogP contribution in [0.15, 0.2) is 18.2 Å². The second kappa shape index (κ2) is 3.55. The Morgan fingerprint density at radius 3 is 2.80 bits per heavy atom. The lowest BCUT2D eigenvalue weighted by atomic mass is 9.84. The Balaban J connectivity index is 2.41. The van der Waals surface area contributed by atoms with Crippen LogP contribution in [0.25, 0.3) is 0 Å². The van der Waals surface area contributed by atoms with Gasteiger partial charge in [0.2, 0.25) is 0 Å². The van der Waals surface area contributed by atoms with E-state index in [1.165, 1.54) is 17.5 Å². The number of fused-ring (bicyclic) bond motifs is 1. The highest BCUT2D eigenvalue weighted by molar-refractivity contribution is 5.45. The van der Waals surface area contributed by atoms with Gasteiger partial charge in [0.15, 0.2) is 0 Å². The van der Waals surface area contributed by atoms with E-state index in [9.17, 15) is 0 Å². The van der Waals surface area contributed by atoms with Crippen LogP contribution in [0.4, 0.5) is 0 Å². The summed E-state index contributed by atoms with van der Waals surface area (Å²) in [6.45, 7) is 9.83. The molecule has 0 saturated heterocycles. The molecule has 0 amide bonds. The Labute approximate surface area is 92.5 Å². The number of hydrogen-bond acceptors (Lipinski definition) is 1. The van der Waals surface area contributed by atoms with Gasteiger partial charge < -0.3 is 4.74 Å². The molecule has 1 aliphatic heterocycles. The lowest BCUT2D eigenvalue weighted by Crippen LogP contribution is -2.18. The van der Waals surface area contributed by atoms with Crippen molar-refractivity contribution in [3.05, 3.63) is 29.3 Å². The van der Waals surface area contributed by atoms with Gasteiger partial charge in [0.05, 0.1) is 6.61 Å². The number of ether oxygens (including phenoxy) is 1. The van der Waals surface area contributed by atoms with Gasteiger partial charge in [-0.25, -0.2) is 0 Å². The van der Waals surface area contributed by atoms with Crippen molar-refractivity contribution in [3.8, 4) is 5.75 Å². The molecule has 0 fully saturated rings. The van der Waals surface area contributed by atoms with Gasteiger partial charge in [0.1, 0.15) is 5.75 Å². The van der Waals surface area contributed by atoms with Crippen LogP contribution in [0, 0.1) is 0 Å². The smallest absolute Gasteiger partial charge is 0.123 e. The van der Waals surface area contributed by atoms with E-state index < -0.39 is 0 Å². The lowest BCUT2D eigenvalue weighted by Gasteiger charge is -2.17. The van der Waals surface area contributed by atoms with Gasteiger partial charge in [-0.2, -0.15) is 0 Å². The summed E-state index contributed by atoms with van der Waals surface area (Å²) in [5.74, 6) is 1.72. The highest BCUT2D eigenvalue weighted by Gasteiger charge is 2.31. The molecule has 1 nitrogen and oxygen atoms in total. The quantitative estimate of drug-likeness (QED) is 0.710. The Morgan fingerprint density at radius 1 is 1.40 bits per heavy atom. The second-order valence-corrected chi connectivity index (χ2v) is 5.24. The highest BCUT2D eigenvalue weighted by atomic mass is 16.5. The second-order valence-electron chi connectivity index (χ2n) is 5.24. The first-order valence-corrected chi connectivity index (χ1v) is 5.82. The molecule has 0 bridgehead atoms. The van der Waals surface area contributed by atoms with Crippen molar-refractivity contribution in [2.24, 2.45) is 0 Å². The van der Waals surface area contributed by atoms with Gasteiger partial charge in [0.25, 0.3) is 0 Å². The van der Waals surface area contributed by atoms with E-state index >= 15 is 0 Å². The summed E-state index contributed by atoms with van der Waals surface area (Å²) in [5.41, 5.74) is 2.99. The maximum absolute atomic E-state index is 5.68. The molecule has 1 unspecified atom stereocenters. The van der Waals surface area contributed by atoms with Crippen molar-refractivity contribution in [3.63, 3.8) is 0 Å². The zero-order valence-corrected chi connectivity index (χ0v) is 10.1. The molecule has 1 aromatic carbocycles. The third kappa shape index (κ3) is 1.75. The van der Waals surface area contributed by atoms with E-state index in [2.05, 4.69) is 45.9 Å². The fourth-order valence-corrected chi connectivity index (χ4v) is 2.08. The molecular formula is C14H20O. The Hall–Kier alpha value is -0.980. The standard InChI is InChI=1S/C14H20O/c1-5-10(2)11-6-7-13-12(8-11)14(3,4)9-15-13/h6-8,10H,5,9H2,1-4H3. The zero-order valence-electron chi connectivity index (χ0n) is 10.1. The van der Waals surface area contributed by atoms with Gasteiger partial charge in [0, 0.05) is 11.0 Å². The van der Waals surface area contributed by atoms with Crippen molar-refractivity contribution >= 4 is 0 Å². The maximum atomic E-state index is 5.68. The summed E-state index contributed by atoms with van der Waals surface area (Å²) in [4.78, 5) is 0. The number of rotatable bonds is 2. The molecule has 1 heteroatoms. The molecular weight excluding hydrogens is 184 g/mol. The summed E-state index contributed by atoms with van der Waals surface area (Å²) in [6.07, 6.45) is 1.19. The molecule has 1 atom stereocenters. The minimum atomic E-state index is 0.179. The Bertz CT molecular complexity index is 366. The van der Waals surface area contributed by atoms with Crippen LogP contribution in [0.5, 0.6) is 5.75 Å². The summed E-state index contributed by atoms with van der Waals surface area (Å²) >= 11 is 0. The van der Waals surface area contributed by atoms with Crippen LogP contribution >= 0.6 is 0 Å². The molecule has 0 spiro atoms. The monoisotopic (exact) mass is 204 g/mol. The van der Waals surface area contributed by atoms with Crippen LogP contribution in [0.3, 0.4) is 0 Å². The molecule has 0 aliphatic carbocycles. The molecule has 1 aromatic rings. The first-order valence-electron chi connectivity index (χ1n) is 5.82. The zero-order chi connectivity index (χ0) is 11.1. The van der Waals surface area contributed by atoms with Gasteiger partial charge in [-0.1, -0.05) is 39.8 Å². The van der Waals surface area contributed by atoms with Crippen LogP contribution in [0.1, 0.15) is 51.2 Å². The average molecular weight is 204 g/mol. The molecule has 15 heavy (non-hydrogen) atoms. The molecule has 0 radical (unpaired) electrons. The first-order chi connectivity index (χ1) is 7.04. The summed E-state index contributed by atoms with van der Waals surface area (Å²) in [5, 5.41) is 0. The summed E-state index contributed by atoms with van der Waals surface area (Å²) < 4.78 is 5.68. The van der Waals surface area contributed by atoms with E-state index in [1.807, 2.05) is 0 Å². The van der Waals surface area contributed by atoms with Crippen molar-refractivity contribution in [1.29, 1.82) is 0 Å². The van der Waals surface area contributed by atoms with Crippen LogP contribution in [-0.2, 0) is 5.41 Å². The fourth-order valence-electron chi connectivity index (χ4n) is 2.08. The van der Waals surface area contributed by atoms with Crippen molar-refractivity contribution in [2.45, 2.75) is 45.4 Å². The number of benzene rings is 1. The van der Waals surface area contributed by atoms with Crippen LogP contribution in [-0.4, -0.2) is 6.61 Å². The first kappa shape index (κ1) is 10.5. The maximum Gasteiger partial charge on any atom is 0.123 e. The lowest BCUT2D eigenvalue weighted by molar-refractivity contribution is 0.291. The van der Waals surface area contributed by atoms with Gasteiger partial charge in [-0.05, 0) is 24.0 Å². The highest BCUT2D eigenvalue weighted by Crippen LogP contribution is 2.39. The summed E-state index contributed by atoms with van der Waals surface area (Å²) in [7, 11) is 0. The third-order valence-corrected chi connectivity index (χ3v) is 3.50. The fraction of sp³-hybridized carbons (Fsp3) is 0.571. The van der Waals surface area contributed by atoms with Gasteiger partial charge in [-0.15, -0.1) is 0 Å². The Kier molecular flexibility index (Phi) is 2.49. The van der Waals surface area contributed by atoms with Gasteiger partial charge in [-0.3, -0.25) is 0 Å². The largest absolute Gasteiger partial charge is 0.492 e. The van der Waals surface area contributed by atoms with Crippen molar-refractivity contribution < 1.29 is 4.74 Å². The van der Waals surface area contributed by atoms with Crippen molar-refractivity contribution in [1.82, 2.24) is 0 Å². The SMILES string of the molecule is CCC(C)c1ccc2c(c1)C(C)(C)CO2. The van der Waals surface area contributed by atoms with E-state index in [0.29, 0.717) is 5.92 Å². The van der Waals surface area contributed by atoms with Gasteiger partial charge >= 0.3 is 0 Å². The van der Waals surface area contributed by atoms with Crippen molar-refractivity contribution in [2.75, 3.05) is 6.61 Å². The van der Waals surface area contributed by atoms with E-state index in [4.69, 9.17) is 4.74 Å². The van der Waals surface area contributed by atoms with E-state index in [0.717, 1.165) is 12.4 Å². The number of hydrogen-bond donors (Lipinski definition) is 0. The molecule has 82 valence electrons. The molecule has 0 saturated carbocycles.